The summed E-state index contributed by atoms with van der Waals surface area (Å²) in [5, 5.41) is 60.2. The van der Waals surface area contributed by atoms with Gasteiger partial charge in [-0.1, -0.05) is 0 Å². The number of hydrogen-bond donors (Lipinski definition) is 6. The number of carbonyl (C=O) groups is 1. The molecule has 6 N–H and O–H groups in total. The second kappa shape index (κ2) is 9.00. The van der Waals surface area contributed by atoms with Crippen molar-refractivity contribution in [3.05, 3.63) is 39.9 Å². The topological polar surface area (TPSA) is 186 Å². The number of carbonyl (C=O) groups excluding carboxylic acids is 1. The molecule has 0 heterocycles. The van der Waals surface area contributed by atoms with Crippen molar-refractivity contribution in [2.24, 2.45) is 5.10 Å². The maximum absolute atomic E-state index is 11.6. The normalized spacial score (nSPS) is 16.4. The summed E-state index contributed by atoms with van der Waals surface area (Å²) >= 11 is 0. The van der Waals surface area contributed by atoms with Crippen LogP contribution in [0.15, 0.2) is 29.4 Å². The summed E-state index contributed by atoms with van der Waals surface area (Å²) in [6, 6.07) is 5.21. The highest BCUT2D eigenvalue weighted by Gasteiger charge is 2.34. The highest BCUT2D eigenvalue weighted by molar-refractivity contribution is 5.84. The Morgan fingerprint density at radius 2 is 1.79 bits per heavy atom. The van der Waals surface area contributed by atoms with Crippen molar-refractivity contribution >= 4 is 17.8 Å². The maximum atomic E-state index is 11.6. The Bertz CT molecular complexity index is 591. The molecule has 0 aliphatic heterocycles. The monoisotopic (exact) mass is 343 g/mol. The van der Waals surface area contributed by atoms with Crippen LogP contribution in [-0.4, -0.2) is 73.6 Å². The van der Waals surface area contributed by atoms with Crippen LogP contribution < -0.4 is 5.43 Å². The van der Waals surface area contributed by atoms with Crippen molar-refractivity contribution in [1.82, 2.24) is 5.43 Å². The van der Waals surface area contributed by atoms with Crippen LogP contribution >= 0.6 is 0 Å². The number of aliphatic hydroxyl groups excluding tert-OH is 5. The lowest BCUT2D eigenvalue weighted by atomic mass is 10.0. The Morgan fingerprint density at radius 1 is 1.21 bits per heavy atom. The molecule has 0 unspecified atom stereocenters. The summed E-state index contributed by atoms with van der Waals surface area (Å²) in [6.07, 6.45) is -6.67. The van der Waals surface area contributed by atoms with E-state index in [2.05, 4.69) is 5.10 Å². The summed E-state index contributed by atoms with van der Waals surface area (Å²) in [5.41, 5.74) is 2.20. The van der Waals surface area contributed by atoms with Gasteiger partial charge >= 0.3 is 0 Å². The number of amides is 1. The molecule has 1 amide bonds. The molecule has 0 aromatic heterocycles. The van der Waals surface area contributed by atoms with Gasteiger partial charge in [0.15, 0.2) is 6.10 Å². The summed E-state index contributed by atoms with van der Waals surface area (Å²) in [7, 11) is 0. The van der Waals surface area contributed by atoms with Gasteiger partial charge in [-0.2, -0.15) is 5.10 Å². The van der Waals surface area contributed by atoms with E-state index in [1.807, 2.05) is 5.43 Å². The fourth-order valence-corrected chi connectivity index (χ4v) is 1.60. The molecule has 11 heteroatoms. The minimum atomic E-state index is -2.10. The van der Waals surface area contributed by atoms with Gasteiger partial charge in [0, 0.05) is 12.1 Å². The first kappa shape index (κ1) is 19.6. The van der Waals surface area contributed by atoms with Gasteiger partial charge in [0.2, 0.25) is 0 Å². The van der Waals surface area contributed by atoms with E-state index in [0.29, 0.717) is 5.56 Å². The Labute approximate surface area is 135 Å². The fraction of sp³-hybridized carbons (Fsp3) is 0.385. The number of hydrogen-bond acceptors (Lipinski definition) is 9. The van der Waals surface area contributed by atoms with E-state index in [4.69, 9.17) is 10.2 Å². The van der Waals surface area contributed by atoms with Crippen molar-refractivity contribution in [3.63, 3.8) is 0 Å². The molecular weight excluding hydrogens is 326 g/mol. The SMILES string of the molecule is O=C(N/N=C/c1ccc([N+](=O)[O-])cc1)[C@H](O)[C@@H](O)[C@H](O)[C@H](O)CO. The van der Waals surface area contributed by atoms with E-state index >= 15 is 0 Å². The van der Waals surface area contributed by atoms with Crippen LogP contribution in [0.2, 0.25) is 0 Å². The number of nitro benzene ring substituents is 1. The van der Waals surface area contributed by atoms with Crippen LogP contribution in [0.25, 0.3) is 0 Å². The smallest absolute Gasteiger partial charge is 0.271 e. The Kier molecular flexibility index (Phi) is 7.35. The molecule has 0 saturated heterocycles. The highest BCUT2D eigenvalue weighted by atomic mass is 16.6. The van der Waals surface area contributed by atoms with Crippen molar-refractivity contribution in [1.29, 1.82) is 0 Å². The zero-order chi connectivity index (χ0) is 18.3. The van der Waals surface area contributed by atoms with Crippen LogP contribution in [0.5, 0.6) is 0 Å². The number of nitrogens with zero attached hydrogens (tertiary/aromatic N) is 2. The number of nitro groups is 1. The number of rotatable bonds is 8. The number of aliphatic hydroxyl groups is 5. The second-order valence-electron chi connectivity index (χ2n) is 4.76. The maximum Gasteiger partial charge on any atom is 0.271 e. The minimum absolute atomic E-state index is 0.119. The molecule has 4 atom stereocenters. The number of nitrogens with one attached hydrogen (secondary N) is 1. The molecule has 0 radical (unpaired) electrons. The minimum Gasteiger partial charge on any atom is -0.394 e. The van der Waals surface area contributed by atoms with Crippen LogP contribution in [0, 0.1) is 10.1 Å². The molecule has 0 aliphatic rings. The number of non-ortho nitro benzene ring substituents is 1. The molecule has 11 nitrogen and oxygen atoms in total. The third-order valence-corrected chi connectivity index (χ3v) is 3.02. The average molecular weight is 343 g/mol. The van der Waals surface area contributed by atoms with Gasteiger partial charge in [-0.25, -0.2) is 5.43 Å². The first-order valence-electron chi connectivity index (χ1n) is 6.68. The molecule has 0 bridgehead atoms. The van der Waals surface area contributed by atoms with Gasteiger partial charge in [0.25, 0.3) is 11.6 Å². The standard InChI is InChI=1S/C13H17N3O8/c17-6-9(18)10(19)11(20)12(21)13(22)15-14-5-7-1-3-8(4-2-7)16(23)24/h1-5,9-12,17-21H,6H2,(H,15,22)/b14-5+/t9-,10-,11+,12-/m1/s1. The predicted molar refractivity (Wildman–Crippen MR) is 79.9 cm³/mol. The zero-order valence-corrected chi connectivity index (χ0v) is 12.3. The number of hydrazone groups is 1. The molecule has 1 aromatic rings. The molecule has 1 aromatic carbocycles. The first-order chi connectivity index (χ1) is 11.3. The van der Waals surface area contributed by atoms with Crippen LogP contribution in [-0.2, 0) is 4.79 Å². The lowest BCUT2D eigenvalue weighted by Crippen LogP contribution is -2.50. The van der Waals surface area contributed by atoms with Crippen LogP contribution in [0.3, 0.4) is 0 Å². The Hall–Kier alpha value is -2.44. The van der Waals surface area contributed by atoms with Gasteiger partial charge in [0.1, 0.15) is 18.3 Å². The first-order valence-corrected chi connectivity index (χ1v) is 6.68. The molecule has 132 valence electrons. The number of benzene rings is 1. The van der Waals surface area contributed by atoms with E-state index in [9.17, 15) is 30.2 Å². The van der Waals surface area contributed by atoms with Gasteiger partial charge in [0.05, 0.1) is 17.7 Å². The Balaban J connectivity index is 2.59. The second-order valence-corrected chi connectivity index (χ2v) is 4.76. The fourth-order valence-electron chi connectivity index (χ4n) is 1.60. The predicted octanol–water partition coefficient (Wildman–Crippen LogP) is -2.52. The summed E-state index contributed by atoms with van der Waals surface area (Å²) in [5.74, 6) is -1.16. The molecule has 0 aliphatic carbocycles. The van der Waals surface area contributed by atoms with E-state index < -0.39 is 41.9 Å². The summed E-state index contributed by atoms with van der Waals surface area (Å²) in [4.78, 5) is 21.5. The zero-order valence-electron chi connectivity index (χ0n) is 12.3. The van der Waals surface area contributed by atoms with Gasteiger partial charge < -0.3 is 25.5 Å². The lowest BCUT2D eigenvalue weighted by Gasteiger charge is -2.24. The highest BCUT2D eigenvalue weighted by Crippen LogP contribution is 2.10. The summed E-state index contributed by atoms with van der Waals surface area (Å²) in [6.45, 7) is -0.870. The van der Waals surface area contributed by atoms with Crippen LogP contribution in [0.1, 0.15) is 5.56 Å². The van der Waals surface area contributed by atoms with E-state index in [1.165, 1.54) is 24.3 Å². The summed E-state index contributed by atoms with van der Waals surface area (Å²) < 4.78 is 0. The van der Waals surface area contributed by atoms with Crippen molar-refractivity contribution in [3.8, 4) is 0 Å². The average Bonchev–Trinajstić information content (AvgIpc) is 2.59. The third kappa shape index (κ3) is 5.33. The van der Waals surface area contributed by atoms with E-state index in [0.717, 1.165) is 6.21 Å². The molecular formula is C13H17N3O8. The van der Waals surface area contributed by atoms with Crippen molar-refractivity contribution < 1.29 is 35.3 Å². The van der Waals surface area contributed by atoms with Gasteiger partial charge in [-0.05, 0) is 17.7 Å². The lowest BCUT2D eigenvalue weighted by molar-refractivity contribution is -0.384. The van der Waals surface area contributed by atoms with E-state index in [1.54, 1.807) is 0 Å². The quantitative estimate of drug-likeness (QED) is 0.169. The molecule has 24 heavy (non-hydrogen) atoms. The largest absolute Gasteiger partial charge is 0.394 e. The third-order valence-electron chi connectivity index (χ3n) is 3.02. The molecule has 0 fully saturated rings. The van der Waals surface area contributed by atoms with E-state index in [-0.39, 0.29) is 5.69 Å². The van der Waals surface area contributed by atoms with Crippen LogP contribution in [0.4, 0.5) is 5.69 Å². The Morgan fingerprint density at radius 3 is 2.29 bits per heavy atom. The van der Waals surface area contributed by atoms with Crippen molar-refractivity contribution in [2.45, 2.75) is 24.4 Å². The van der Waals surface area contributed by atoms with Crippen molar-refractivity contribution in [2.75, 3.05) is 6.61 Å². The van der Waals surface area contributed by atoms with Gasteiger partial charge in [-0.3, -0.25) is 14.9 Å². The molecule has 0 spiro atoms. The van der Waals surface area contributed by atoms with Gasteiger partial charge in [-0.15, -0.1) is 0 Å². The molecule has 1 rings (SSSR count). The molecule has 0 saturated carbocycles.